The number of hydrogen-bond donors (Lipinski definition) is 1. The number of ketones is 1. The summed E-state index contributed by atoms with van der Waals surface area (Å²) in [5.74, 6) is 0.428. The number of rotatable bonds is 4. The third-order valence-electron chi connectivity index (χ3n) is 2.92. The zero-order chi connectivity index (χ0) is 13.1. The highest BCUT2D eigenvalue weighted by atomic mass is 16.1. The maximum absolute atomic E-state index is 12.3. The molecule has 94 valence electrons. The summed E-state index contributed by atoms with van der Waals surface area (Å²) in [5.41, 5.74) is 7.99. The van der Waals surface area contributed by atoms with E-state index in [1.54, 1.807) is 18.3 Å². The average Bonchev–Trinajstić information content (AvgIpc) is 2.80. The fraction of sp³-hybridized carbons (Fsp3) is 0.286. The summed E-state index contributed by atoms with van der Waals surface area (Å²) in [6, 6.07) is 5.31. The summed E-state index contributed by atoms with van der Waals surface area (Å²) < 4.78 is 1.88. The molecule has 4 nitrogen and oxygen atoms in total. The topological polar surface area (TPSA) is 60.9 Å². The predicted octanol–water partition coefficient (Wildman–Crippen LogP) is 2.41. The summed E-state index contributed by atoms with van der Waals surface area (Å²) in [6.07, 6.45) is 4.46. The van der Waals surface area contributed by atoms with Crippen LogP contribution in [0.15, 0.2) is 30.6 Å². The molecule has 0 fully saturated rings. The van der Waals surface area contributed by atoms with Crippen molar-refractivity contribution in [3.05, 3.63) is 47.5 Å². The van der Waals surface area contributed by atoms with E-state index in [0.717, 1.165) is 18.5 Å². The predicted molar refractivity (Wildman–Crippen MR) is 71.5 cm³/mol. The Bertz CT molecular complexity index is 572. The second kappa shape index (κ2) is 5.04. The average molecular weight is 243 g/mol. The molecular weight excluding hydrogens is 226 g/mol. The van der Waals surface area contributed by atoms with E-state index >= 15 is 0 Å². The lowest BCUT2D eigenvalue weighted by molar-refractivity contribution is 0.102. The normalized spacial score (nSPS) is 10.6. The van der Waals surface area contributed by atoms with Crippen LogP contribution in [0.4, 0.5) is 5.69 Å². The molecule has 2 rings (SSSR count). The van der Waals surface area contributed by atoms with Crippen LogP contribution in [0.2, 0.25) is 0 Å². The van der Waals surface area contributed by atoms with Crippen LogP contribution >= 0.6 is 0 Å². The number of anilines is 1. The molecule has 0 bridgehead atoms. The van der Waals surface area contributed by atoms with Gasteiger partial charge >= 0.3 is 0 Å². The molecule has 4 heteroatoms. The van der Waals surface area contributed by atoms with E-state index in [-0.39, 0.29) is 5.78 Å². The minimum atomic E-state index is -0.0587. The van der Waals surface area contributed by atoms with Crippen molar-refractivity contribution < 1.29 is 4.79 Å². The van der Waals surface area contributed by atoms with E-state index < -0.39 is 0 Å². The smallest absolute Gasteiger partial charge is 0.228 e. The van der Waals surface area contributed by atoms with Gasteiger partial charge in [-0.25, -0.2) is 4.98 Å². The molecule has 0 unspecified atom stereocenters. The Morgan fingerprint density at radius 1 is 1.44 bits per heavy atom. The molecular formula is C14H17N3O. The van der Waals surface area contributed by atoms with Crippen molar-refractivity contribution in [1.82, 2.24) is 9.55 Å². The van der Waals surface area contributed by atoms with Crippen molar-refractivity contribution in [3.8, 4) is 0 Å². The van der Waals surface area contributed by atoms with Crippen LogP contribution in [0.1, 0.15) is 35.1 Å². The summed E-state index contributed by atoms with van der Waals surface area (Å²) in [4.78, 5) is 16.5. The van der Waals surface area contributed by atoms with E-state index in [4.69, 9.17) is 5.73 Å². The number of carbonyl (C=O) groups is 1. The molecule has 0 saturated carbocycles. The van der Waals surface area contributed by atoms with Gasteiger partial charge in [0.25, 0.3) is 0 Å². The maximum Gasteiger partial charge on any atom is 0.228 e. The molecule has 0 aliphatic carbocycles. The van der Waals surface area contributed by atoms with E-state index in [0.29, 0.717) is 17.1 Å². The highest BCUT2D eigenvalue weighted by molar-refractivity contribution is 6.07. The van der Waals surface area contributed by atoms with Crippen molar-refractivity contribution in [3.63, 3.8) is 0 Å². The van der Waals surface area contributed by atoms with Crippen LogP contribution in [0, 0.1) is 6.92 Å². The van der Waals surface area contributed by atoms with Crippen LogP contribution in [0.5, 0.6) is 0 Å². The standard InChI is InChI=1S/C14H17N3O/c1-3-7-17-8-6-16-14(17)13(18)11-4-5-12(15)10(2)9-11/h4-6,8-9H,3,7,15H2,1-2H3. The molecule has 0 amide bonds. The van der Waals surface area contributed by atoms with Crippen molar-refractivity contribution in [1.29, 1.82) is 0 Å². The second-order valence-corrected chi connectivity index (χ2v) is 4.34. The summed E-state index contributed by atoms with van der Waals surface area (Å²) in [5, 5.41) is 0. The van der Waals surface area contributed by atoms with Crippen LogP contribution in [-0.4, -0.2) is 15.3 Å². The number of nitrogens with zero attached hydrogens (tertiary/aromatic N) is 2. The summed E-state index contributed by atoms with van der Waals surface area (Å²) in [7, 11) is 0. The van der Waals surface area contributed by atoms with Crippen LogP contribution in [0.25, 0.3) is 0 Å². The molecule has 1 heterocycles. The quantitative estimate of drug-likeness (QED) is 0.662. The lowest BCUT2D eigenvalue weighted by Crippen LogP contribution is -2.11. The lowest BCUT2D eigenvalue weighted by Gasteiger charge is -2.07. The minimum absolute atomic E-state index is 0.0587. The van der Waals surface area contributed by atoms with Crippen molar-refractivity contribution in [2.75, 3.05) is 5.73 Å². The number of benzene rings is 1. The number of nitrogen functional groups attached to an aromatic ring is 1. The third kappa shape index (κ3) is 2.27. The molecule has 0 radical (unpaired) electrons. The summed E-state index contributed by atoms with van der Waals surface area (Å²) in [6.45, 7) is 4.77. The van der Waals surface area contributed by atoms with E-state index in [2.05, 4.69) is 11.9 Å². The molecule has 1 aromatic carbocycles. The van der Waals surface area contributed by atoms with Gasteiger partial charge < -0.3 is 10.3 Å². The Hall–Kier alpha value is -2.10. The largest absolute Gasteiger partial charge is 0.399 e. The van der Waals surface area contributed by atoms with Gasteiger partial charge in [-0.15, -0.1) is 0 Å². The molecule has 0 aliphatic heterocycles. The van der Waals surface area contributed by atoms with Gasteiger partial charge in [-0.1, -0.05) is 6.92 Å². The van der Waals surface area contributed by atoms with Gasteiger partial charge in [0, 0.05) is 30.2 Å². The van der Waals surface area contributed by atoms with Gasteiger partial charge in [-0.2, -0.15) is 0 Å². The van der Waals surface area contributed by atoms with E-state index in [9.17, 15) is 4.79 Å². The molecule has 0 aliphatic rings. The molecule has 2 aromatic rings. The SMILES string of the molecule is CCCn1ccnc1C(=O)c1ccc(N)c(C)c1. The van der Waals surface area contributed by atoms with E-state index in [1.807, 2.05) is 23.8 Å². The van der Waals surface area contributed by atoms with Crippen LogP contribution < -0.4 is 5.73 Å². The number of hydrogen-bond acceptors (Lipinski definition) is 3. The highest BCUT2D eigenvalue weighted by Gasteiger charge is 2.15. The first-order valence-corrected chi connectivity index (χ1v) is 6.05. The Kier molecular flexibility index (Phi) is 3.46. The molecule has 1 aromatic heterocycles. The highest BCUT2D eigenvalue weighted by Crippen LogP contribution is 2.15. The molecule has 0 spiro atoms. The molecule has 18 heavy (non-hydrogen) atoms. The summed E-state index contributed by atoms with van der Waals surface area (Å²) >= 11 is 0. The van der Waals surface area contributed by atoms with Crippen molar-refractivity contribution in [2.24, 2.45) is 0 Å². The van der Waals surface area contributed by atoms with Crippen LogP contribution in [0.3, 0.4) is 0 Å². The molecule has 0 saturated heterocycles. The fourth-order valence-electron chi connectivity index (χ4n) is 1.89. The number of carbonyl (C=O) groups excluding carboxylic acids is 1. The Morgan fingerprint density at radius 3 is 2.89 bits per heavy atom. The first-order valence-electron chi connectivity index (χ1n) is 6.05. The van der Waals surface area contributed by atoms with Gasteiger partial charge in [0.2, 0.25) is 5.78 Å². The monoisotopic (exact) mass is 243 g/mol. The first kappa shape index (κ1) is 12.4. The second-order valence-electron chi connectivity index (χ2n) is 4.34. The zero-order valence-electron chi connectivity index (χ0n) is 10.7. The van der Waals surface area contributed by atoms with Crippen molar-refractivity contribution >= 4 is 11.5 Å². The maximum atomic E-state index is 12.3. The van der Waals surface area contributed by atoms with Gasteiger partial charge in [-0.05, 0) is 37.1 Å². The Balaban J connectivity index is 2.35. The van der Waals surface area contributed by atoms with Crippen LogP contribution in [-0.2, 0) is 6.54 Å². The van der Waals surface area contributed by atoms with Gasteiger partial charge in [0.05, 0.1) is 0 Å². The number of aryl methyl sites for hydroxylation is 2. The first-order chi connectivity index (χ1) is 8.63. The molecule has 2 N–H and O–H groups in total. The minimum Gasteiger partial charge on any atom is -0.399 e. The Morgan fingerprint density at radius 2 is 2.22 bits per heavy atom. The van der Waals surface area contributed by atoms with Gasteiger partial charge in [0.15, 0.2) is 5.82 Å². The Labute approximate surface area is 106 Å². The molecule has 0 atom stereocenters. The number of imidazole rings is 1. The zero-order valence-corrected chi connectivity index (χ0v) is 10.7. The van der Waals surface area contributed by atoms with Crippen molar-refractivity contribution in [2.45, 2.75) is 26.8 Å². The fourth-order valence-corrected chi connectivity index (χ4v) is 1.89. The van der Waals surface area contributed by atoms with Gasteiger partial charge in [0.1, 0.15) is 0 Å². The van der Waals surface area contributed by atoms with E-state index in [1.165, 1.54) is 0 Å². The number of aromatic nitrogens is 2. The number of nitrogens with two attached hydrogens (primary N) is 1. The third-order valence-corrected chi connectivity index (χ3v) is 2.92. The lowest BCUT2D eigenvalue weighted by atomic mass is 10.1. The van der Waals surface area contributed by atoms with Gasteiger partial charge in [-0.3, -0.25) is 4.79 Å².